The van der Waals surface area contributed by atoms with Gasteiger partial charge in [0.25, 0.3) is 0 Å². The van der Waals surface area contributed by atoms with Gasteiger partial charge in [0, 0.05) is 25.2 Å². The van der Waals surface area contributed by atoms with Crippen molar-refractivity contribution in [1.29, 1.82) is 0 Å². The Hall–Kier alpha value is -0.420. The van der Waals surface area contributed by atoms with Gasteiger partial charge >= 0.3 is 0 Å². The van der Waals surface area contributed by atoms with Crippen LogP contribution in [0.15, 0.2) is 16.8 Å². The molecule has 0 bridgehead atoms. The molecule has 19 heavy (non-hydrogen) atoms. The Balaban J connectivity index is 1.70. The van der Waals surface area contributed by atoms with Crippen molar-refractivity contribution >= 4 is 11.3 Å². The molecule has 3 atom stereocenters. The summed E-state index contributed by atoms with van der Waals surface area (Å²) in [6.07, 6.45) is 5.72. The highest BCUT2D eigenvalue weighted by atomic mass is 32.1. The molecular formula is C15H24N2OS. The summed E-state index contributed by atoms with van der Waals surface area (Å²) in [7, 11) is 0. The van der Waals surface area contributed by atoms with Gasteiger partial charge in [-0.1, -0.05) is 0 Å². The average molecular weight is 280 g/mol. The van der Waals surface area contributed by atoms with Gasteiger partial charge in [0.2, 0.25) is 0 Å². The van der Waals surface area contributed by atoms with Gasteiger partial charge < -0.3 is 10.5 Å². The lowest BCUT2D eigenvalue weighted by Crippen LogP contribution is -2.49. The Morgan fingerprint density at radius 2 is 2.26 bits per heavy atom. The van der Waals surface area contributed by atoms with Gasteiger partial charge in [-0.3, -0.25) is 4.90 Å². The van der Waals surface area contributed by atoms with Gasteiger partial charge in [0.1, 0.15) is 0 Å². The second kappa shape index (κ2) is 5.92. The van der Waals surface area contributed by atoms with Crippen molar-refractivity contribution in [2.24, 2.45) is 5.73 Å². The van der Waals surface area contributed by atoms with Gasteiger partial charge in [-0.15, -0.1) is 0 Å². The van der Waals surface area contributed by atoms with Crippen LogP contribution in [0.5, 0.6) is 0 Å². The molecule has 1 saturated carbocycles. The van der Waals surface area contributed by atoms with Crippen LogP contribution >= 0.6 is 11.3 Å². The monoisotopic (exact) mass is 280 g/mol. The topological polar surface area (TPSA) is 38.5 Å². The molecule has 3 nitrogen and oxygen atoms in total. The van der Waals surface area contributed by atoms with Crippen LogP contribution in [-0.4, -0.2) is 35.7 Å². The fourth-order valence-corrected chi connectivity index (χ4v) is 3.79. The Morgan fingerprint density at radius 3 is 2.79 bits per heavy atom. The van der Waals surface area contributed by atoms with Crippen LogP contribution in [0.3, 0.4) is 0 Å². The molecule has 1 saturated heterocycles. The van der Waals surface area contributed by atoms with Crippen LogP contribution in [0.2, 0.25) is 0 Å². The largest absolute Gasteiger partial charge is 0.374 e. The summed E-state index contributed by atoms with van der Waals surface area (Å²) in [5.74, 6) is 0. The van der Waals surface area contributed by atoms with E-state index in [1.807, 2.05) is 0 Å². The van der Waals surface area contributed by atoms with E-state index in [2.05, 4.69) is 28.7 Å². The molecule has 0 aromatic carbocycles. The molecule has 1 aromatic rings. The molecule has 0 radical (unpaired) electrons. The van der Waals surface area contributed by atoms with Crippen LogP contribution in [0.4, 0.5) is 0 Å². The number of hydrogen-bond acceptors (Lipinski definition) is 4. The van der Waals surface area contributed by atoms with Gasteiger partial charge in [-0.2, -0.15) is 11.3 Å². The van der Waals surface area contributed by atoms with Crippen LogP contribution < -0.4 is 5.73 Å². The number of nitrogens with two attached hydrogens (primary N) is 1. The highest BCUT2D eigenvalue weighted by molar-refractivity contribution is 7.07. The summed E-state index contributed by atoms with van der Waals surface area (Å²) < 4.78 is 6.07. The number of ether oxygens (including phenoxy) is 1. The number of thiophene rings is 1. The molecule has 0 spiro atoms. The van der Waals surface area contributed by atoms with Gasteiger partial charge in [0.15, 0.2) is 0 Å². The predicted molar refractivity (Wildman–Crippen MR) is 79.3 cm³/mol. The maximum Gasteiger partial charge on any atom is 0.0747 e. The summed E-state index contributed by atoms with van der Waals surface area (Å²) in [5.41, 5.74) is 7.49. The van der Waals surface area contributed by atoms with E-state index in [9.17, 15) is 0 Å². The lowest BCUT2D eigenvalue weighted by molar-refractivity contribution is -0.00968. The minimum absolute atomic E-state index is 0.333. The second-order valence-electron chi connectivity index (χ2n) is 5.90. The van der Waals surface area contributed by atoms with E-state index < -0.39 is 0 Å². The van der Waals surface area contributed by atoms with Crippen molar-refractivity contribution < 1.29 is 4.74 Å². The van der Waals surface area contributed by atoms with E-state index in [4.69, 9.17) is 10.5 Å². The fraction of sp³-hybridized carbons (Fsp3) is 0.733. The van der Waals surface area contributed by atoms with Crippen LogP contribution in [0.25, 0.3) is 0 Å². The van der Waals surface area contributed by atoms with E-state index in [0.29, 0.717) is 24.8 Å². The maximum atomic E-state index is 6.07. The normalized spacial score (nSPS) is 29.0. The first-order chi connectivity index (χ1) is 9.28. The van der Waals surface area contributed by atoms with Crippen molar-refractivity contribution in [1.82, 2.24) is 4.90 Å². The molecule has 2 heterocycles. The number of nitrogens with zero attached hydrogens (tertiary/aromatic N) is 1. The molecule has 2 N–H and O–H groups in total. The third-order valence-electron chi connectivity index (χ3n) is 4.32. The number of rotatable bonds is 6. The highest BCUT2D eigenvalue weighted by Crippen LogP contribution is 2.34. The quantitative estimate of drug-likeness (QED) is 0.870. The zero-order valence-electron chi connectivity index (χ0n) is 11.6. The van der Waals surface area contributed by atoms with Crippen molar-refractivity contribution in [2.75, 3.05) is 6.54 Å². The molecule has 1 aliphatic heterocycles. The van der Waals surface area contributed by atoms with Gasteiger partial charge in [-0.25, -0.2) is 0 Å². The summed E-state index contributed by atoms with van der Waals surface area (Å²) in [4.78, 5) is 2.60. The Labute approximate surface area is 119 Å². The third kappa shape index (κ3) is 3.19. The van der Waals surface area contributed by atoms with Crippen molar-refractivity contribution in [2.45, 2.75) is 63.4 Å². The predicted octanol–water partition coefficient (Wildman–Crippen LogP) is 2.61. The summed E-state index contributed by atoms with van der Waals surface area (Å²) in [6, 6.07) is 3.34. The SMILES string of the molecule is CC1CCC(C(CN)N(Cc2ccsc2)C2CC2)O1. The summed E-state index contributed by atoms with van der Waals surface area (Å²) >= 11 is 1.78. The molecule has 106 valence electrons. The van der Waals surface area contributed by atoms with E-state index in [-0.39, 0.29) is 0 Å². The minimum Gasteiger partial charge on any atom is -0.374 e. The van der Waals surface area contributed by atoms with Crippen LogP contribution in [0, 0.1) is 0 Å². The average Bonchev–Trinajstić information content (AvgIpc) is 2.95. The first-order valence-corrected chi connectivity index (χ1v) is 8.34. The smallest absolute Gasteiger partial charge is 0.0747 e. The zero-order chi connectivity index (χ0) is 13.2. The Morgan fingerprint density at radius 1 is 1.42 bits per heavy atom. The molecule has 1 aliphatic carbocycles. The van der Waals surface area contributed by atoms with Crippen molar-refractivity contribution in [3.8, 4) is 0 Å². The lowest BCUT2D eigenvalue weighted by Gasteiger charge is -2.34. The molecular weight excluding hydrogens is 256 g/mol. The van der Waals surface area contributed by atoms with Crippen LogP contribution in [0.1, 0.15) is 38.2 Å². The lowest BCUT2D eigenvalue weighted by atomic mass is 10.0. The highest BCUT2D eigenvalue weighted by Gasteiger charge is 2.39. The van der Waals surface area contributed by atoms with Gasteiger partial charge in [-0.05, 0) is 55.0 Å². The zero-order valence-corrected chi connectivity index (χ0v) is 12.4. The second-order valence-corrected chi connectivity index (χ2v) is 6.68. The minimum atomic E-state index is 0.333. The molecule has 2 fully saturated rings. The molecule has 0 amide bonds. The maximum absolute atomic E-state index is 6.07. The Bertz CT molecular complexity index is 391. The standard InChI is InChI=1S/C15H24N2OS/c1-11-2-5-15(18-11)14(8-16)17(13-3-4-13)9-12-6-7-19-10-12/h6-7,10-11,13-15H,2-5,8-9,16H2,1H3. The summed E-state index contributed by atoms with van der Waals surface area (Å²) in [6.45, 7) is 3.91. The molecule has 3 unspecified atom stereocenters. The van der Waals surface area contributed by atoms with Crippen molar-refractivity contribution in [3.63, 3.8) is 0 Å². The first kappa shape index (κ1) is 13.6. The van der Waals surface area contributed by atoms with E-state index in [1.54, 1.807) is 11.3 Å². The molecule has 2 aliphatic rings. The van der Waals surface area contributed by atoms with E-state index >= 15 is 0 Å². The summed E-state index contributed by atoms with van der Waals surface area (Å²) in [5, 5.41) is 4.41. The Kier molecular flexibility index (Phi) is 4.22. The molecule has 1 aromatic heterocycles. The van der Waals surface area contributed by atoms with E-state index in [1.165, 1.54) is 24.8 Å². The van der Waals surface area contributed by atoms with E-state index in [0.717, 1.165) is 19.0 Å². The van der Waals surface area contributed by atoms with Crippen LogP contribution in [-0.2, 0) is 11.3 Å². The van der Waals surface area contributed by atoms with Gasteiger partial charge in [0.05, 0.1) is 12.2 Å². The molecule has 4 heteroatoms. The fourth-order valence-electron chi connectivity index (χ4n) is 3.13. The first-order valence-electron chi connectivity index (χ1n) is 7.40. The van der Waals surface area contributed by atoms with Crippen molar-refractivity contribution in [3.05, 3.63) is 22.4 Å². The molecule has 3 rings (SSSR count). The third-order valence-corrected chi connectivity index (χ3v) is 5.05. The number of hydrogen-bond donors (Lipinski definition) is 1.